The fraction of sp³-hybridized carbons (Fsp3) is 0.136. The molecule has 2 aromatic carbocycles. The smallest absolute Gasteiger partial charge is 0.258 e. The molecule has 27 heavy (non-hydrogen) atoms. The standard InChI is InChI=1S/C22H21N3O2/c1-2-25(20-12-4-3-5-13-20)22(27)18-10-8-9-17(15-18)21(26)24-16-19-11-6-7-14-23-19/h3-15H,2,16H2,1H3,(H,24,26). The molecule has 0 radical (unpaired) electrons. The van der Waals surface area contributed by atoms with E-state index in [4.69, 9.17) is 0 Å². The number of benzene rings is 2. The fourth-order valence-electron chi connectivity index (χ4n) is 2.78. The number of carbonyl (C=O) groups excluding carboxylic acids is 2. The summed E-state index contributed by atoms with van der Waals surface area (Å²) in [6.07, 6.45) is 1.68. The molecule has 0 aliphatic heterocycles. The van der Waals surface area contributed by atoms with Gasteiger partial charge in [-0.3, -0.25) is 14.6 Å². The van der Waals surface area contributed by atoms with Crippen molar-refractivity contribution < 1.29 is 9.59 Å². The Morgan fingerprint density at radius 2 is 1.67 bits per heavy atom. The van der Waals surface area contributed by atoms with E-state index in [-0.39, 0.29) is 11.8 Å². The highest BCUT2D eigenvalue weighted by Gasteiger charge is 2.17. The highest BCUT2D eigenvalue weighted by atomic mass is 16.2. The molecule has 1 N–H and O–H groups in total. The normalized spacial score (nSPS) is 10.3. The number of para-hydroxylation sites is 1. The van der Waals surface area contributed by atoms with Gasteiger partial charge in [-0.15, -0.1) is 0 Å². The summed E-state index contributed by atoms with van der Waals surface area (Å²) in [5.41, 5.74) is 2.53. The summed E-state index contributed by atoms with van der Waals surface area (Å²) in [4.78, 5) is 31.2. The van der Waals surface area contributed by atoms with E-state index in [2.05, 4.69) is 10.3 Å². The maximum atomic E-state index is 12.9. The molecule has 2 amide bonds. The number of aromatic nitrogens is 1. The Labute approximate surface area is 158 Å². The molecule has 0 bridgehead atoms. The van der Waals surface area contributed by atoms with Gasteiger partial charge in [0.05, 0.1) is 12.2 Å². The molecule has 5 nitrogen and oxygen atoms in total. The van der Waals surface area contributed by atoms with E-state index in [1.54, 1.807) is 35.4 Å². The monoisotopic (exact) mass is 359 g/mol. The lowest BCUT2D eigenvalue weighted by Crippen LogP contribution is -2.31. The minimum Gasteiger partial charge on any atom is -0.346 e. The molecule has 0 spiro atoms. The van der Waals surface area contributed by atoms with Gasteiger partial charge in [-0.1, -0.05) is 30.3 Å². The van der Waals surface area contributed by atoms with E-state index in [1.165, 1.54) is 0 Å². The zero-order chi connectivity index (χ0) is 19.1. The molecule has 0 saturated heterocycles. The third kappa shape index (κ3) is 4.58. The second-order valence-corrected chi connectivity index (χ2v) is 5.97. The van der Waals surface area contributed by atoms with Gasteiger partial charge in [-0.25, -0.2) is 0 Å². The highest BCUT2D eigenvalue weighted by Crippen LogP contribution is 2.17. The first kappa shape index (κ1) is 18.3. The Morgan fingerprint density at radius 3 is 2.37 bits per heavy atom. The number of hydrogen-bond acceptors (Lipinski definition) is 3. The lowest BCUT2D eigenvalue weighted by Gasteiger charge is -2.21. The number of amides is 2. The van der Waals surface area contributed by atoms with E-state index < -0.39 is 0 Å². The lowest BCUT2D eigenvalue weighted by molar-refractivity contribution is 0.0950. The average Bonchev–Trinajstić information content (AvgIpc) is 2.74. The molecule has 0 unspecified atom stereocenters. The molecule has 1 aromatic heterocycles. The highest BCUT2D eigenvalue weighted by molar-refractivity contribution is 6.07. The topological polar surface area (TPSA) is 62.3 Å². The summed E-state index contributed by atoms with van der Waals surface area (Å²) in [7, 11) is 0. The first-order valence-electron chi connectivity index (χ1n) is 8.84. The van der Waals surface area contributed by atoms with Gasteiger partial charge in [0.1, 0.15) is 0 Å². The van der Waals surface area contributed by atoms with Crippen molar-refractivity contribution in [1.29, 1.82) is 0 Å². The average molecular weight is 359 g/mol. The summed E-state index contributed by atoms with van der Waals surface area (Å²) in [6.45, 7) is 2.80. The van der Waals surface area contributed by atoms with Crippen molar-refractivity contribution in [2.24, 2.45) is 0 Å². The second kappa shape index (κ2) is 8.76. The number of nitrogens with zero attached hydrogens (tertiary/aromatic N) is 2. The van der Waals surface area contributed by atoms with Crippen LogP contribution >= 0.6 is 0 Å². The van der Waals surface area contributed by atoms with Crippen molar-refractivity contribution in [3.63, 3.8) is 0 Å². The van der Waals surface area contributed by atoms with Crippen molar-refractivity contribution >= 4 is 17.5 Å². The van der Waals surface area contributed by atoms with Crippen LogP contribution in [0.15, 0.2) is 79.0 Å². The van der Waals surface area contributed by atoms with Crippen molar-refractivity contribution in [3.05, 3.63) is 95.8 Å². The Hall–Kier alpha value is -3.47. The Balaban J connectivity index is 1.74. The SMILES string of the molecule is CCN(C(=O)c1cccc(C(=O)NCc2ccccn2)c1)c1ccccc1. The summed E-state index contributed by atoms with van der Waals surface area (Å²) in [6, 6.07) is 21.8. The van der Waals surface area contributed by atoms with Gasteiger partial charge < -0.3 is 10.2 Å². The van der Waals surface area contributed by atoms with Crippen LogP contribution in [0, 0.1) is 0 Å². The minimum absolute atomic E-state index is 0.136. The molecule has 0 atom stereocenters. The molecule has 1 heterocycles. The van der Waals surface area contributed by atoms with Crippen LogP contribution < -0.4 is 10.2 Å². The number of rotatable bonds is 6. The number of nitrogens with one attached hydrogen (secondary N) is 1. The number of anilines is 1. The molecule has 136 valence electrons. The summed E-state index contributed by atoms with van der Waals surface area (Å²) >= 11 is 0. The summed E-state index contributed by atoms with van der Waals surface area (Å²) in [5.74, 6) is -0.374. The molecular weight excluding hydrogens is 338 g/mol. The van der Waals surface area contributed by atoms with Crippen LogP contribution in [0.2, 0.25) is 0 Å². The van der Waals surface area contributed by atoms with E-state index >= 15 is 0 Å². The lowest BCUT2D eigenvalue weighted by atomic mass is 10.1. The predicted octanol–water partition coefficient (Wildman–Crippen LogP) is 3.68. The van der Waals surface area contributed by atoms with Gasteiger partial charge >= 0.3 is 0 Å². The maximum absolute atomic E-state index is 12.9. The quantitative estimate of drug-likeness (QED) is 0.730. The fourth-order valence-corrected chi connectivity index (χ4v) is 2.78. The van der Waals surface area contributed by atoms with E-state index in [9.17, 15) is 9.59 Å². The van der Waals surface area contributed by atoms with E-state index in [1.807, 2.05) is 55.5 Å². The third-order valence-electron chi connectivity index (χ3n) is 4.16. The van der Waals surface area contributed by atoms with Crippen LogP contribution in [-0.2, 0) is 6.54 Å². The molecule has 3 rings (SSSR count). The van der Waals surface area contributed by atoms with Crippen LogP contribution in [0.1, 0.15) is 33.3 Å². The van der Waals surface area contributed by atoms with Gasteiger partial charge in [0.15, 0.2) is 0 Å². The Kier molecular flexibility index (Phi) is 5.94. The zero-order valence-electron chi connectivity index (χ0n) is 15.1. The molecule has 5 heteroatoms. The van der Waals surface area contributed by atoms with Gasteiger partial charge in [0.25, 0.3) is 11.8 Å². The summed E-state index contributed by atoms with van der Waals surface area (Å²) in [5, 5.41) is 2.83. The predicted molar refractivity (Wildman–Crippen MR) is 106 cm³/mol. The van der Waals surface area contributed by atoms with Gasteiger partial charge in [-0.05, 0) is 49.4 Å². The Morgan fingerprint density at radius 1 is 0.926 bits per heavy atom. The van der Waals surface area contributed by atoms with E-state index in [0.717, 1.165) is 11.4 Å². The zero-order valence-corrected chi connectivity index (χ0v) is 15.1. The van der Waals surface area contributed by atoms with Crippen LogP contribution in [-0.4, -0.2) is 23.3 Å². The van der Waals surface area contributed by atoms with Crippen LogP contribution in [0.4, 0.5) is 5.69 Å². The molecular formula is C22H21N3O2. The minimum atomic E-state index is -0.238. The summed E-state index contributed by atoms with van der Waals surface area (Å²) < 4.78 is 0. The molecule has 0 fully saturated rings. The van der Waals surface area contributed by atoms with Crippen molar-refractivity contribution in [1.82, 2.24) is 10.3 Å². The molecule has 0 aliphatic carbocycles. The van der Waals surface area contributed by atoms with Crippen molar-refractivity contribution in [2.75, 3.05) is 11.4 Å². The largest absolute Gasteiger partial charge is 0.346 e. The van der Waals surface area contributed by atoms with Gasteiger partial charge in [0.2, 0.25) is 0 Å². The van der Waals surface area contributed by atoms with Gasteiger partial charge in [0, 0.05) is 29.6 Å². The van der Waals surface area contributed by atoms with Crippen LogP contribution in [0.25, 0.3) is 0 Å². The molecule has 0 saturated carbocycles. The number of pyridine rings is 1. The van der Waals surface area contributed by atoms with E-state index in [0.29, 0.717) is 24.2 Å². The van der Waals surface area contributed by atoms with Gasteiger partial charge in [-0.2, -0.15) is 0 Å². The van der Waals surface area contributed by atoms with Crippen molar-refractivity contribution in [3.8, 4) is 0 Å². The van der Waals surface area contributed by atoms with Crippen molar-refractivity contribution in [2.45, 2.75) is 13.5 Å². The first-order valence-corrected chi connectivity index (χ1v) is 8.84. The van der Waals surface area contributed by atoms with Crippen LogP contribution in [0.5, 0.6) is 0 Å². The molecule has 0 aliphatic rings. The first-order chi connectivity index (χ1) is 13.2. The van der Waals surface area contributed by atoms with Crippen LogP contribution in [0.3, 0.4) is 0 Å². The number of hydrogen-bond donors (Lipinski definition) is 1. The molecule has 3 aromatic rings. The Bertz CT molecular complexity index is 911. The second-order valence-electron chi connectivity index (χ2n) is 5.97. The third-order valence-corrected chi connectivity index (χ3v) is 4.16. The number of carbonyl (C=O) groups is 2. The maximum Gasteiger partial charge on any atom is 0.258 e.